The van der Waals surface area contributed by atoms with Crippen LogP contribution < -0.4 is 9.62 Å². The first kappa shape index (κ1) is 22.6. The van der Waals surface area contributed by atoms with Gasteiger partial charge in [0.25, 0.3) is 0 Å². The quantitative estimate of drug-likeness (QED) is 0.181. The van der Waals surface area contributed by atoms with Crippen molar-refractivity contribution >= 4 is 19.8 Å². The second kappa shape index (κ2) is 8.78. The topological polar surface area (TPSA) is 210 Å². The van der Waals surface area contributed by atoms with Gasteiger partial charge in [0.1, 0.15) is 12.2 Å². The fraction of sp³-hybridized carbons (Fsp3) is 0.333. The summed E-state index contributed by atoms with van der Waals surface area (Å²) in [6, 6.07) is 1.83. The lowest BCUT2D eigenvalue weighted by molar-refractivity contribution is -0.282. The number of phenolic OH excluding ortho intramolecular Hbond substituents is 1. The molecule has 1 aromatic carbocycles. The van der Waals surface area contributed by atoms with Crippen molar-refractivity contribution in [2.24, 2.45) is 0 Å². The first-order chi connectivity index (χ1) is 13.4. The number of carboxylic acids is 2. The molecular formula is C15H17O13P. The van der Waals surface area contributed by atoms with Crippen LogP contribution in [0.2, 0.25) is 0 Å². The summed E-state index contributed by atoms with van der Waals surface area (Å²) in [4.78, 5) is 50.0. The first-order valence-corrected chi connectivity index (χ1v) is 9.29. The van der Waals surface area contributed by atoms with Gasteiger partial charge in [-0.1, -0.05) is 0 Å². The monoisotopic (exact) mass is 436 g/mol. The zero-order valence-electron chi connectivity index (χ0n) is 14.7. The third kappa shape index (κ3) is 5.67. The minimum absolute atomic E-state index is 0.262. The molecule has 0 aliphatic heterocycles. The smallest absolute Gasteiger partial charge is 0.469 e. The number of phosphoric ester groups is 1. The molecule has 1 aliphatic rings. The van der Waals surface area contributed by atoms with Crippen LogP contribution in [0.5, 0.6) is 17.2 Å². The van der Waals surface area contributed by atoms with E-state index in [9.17, 15) is 24.4 Å². The average molecular weight is 436 g/mol. The predicted octanol–water partition coefficient (Wildman–Crippen LogP) is 0.0315. The molecule has 0 heterocycles. The molecule has 160 valence electrons. The lowest BCUT2D eigenvalue weighted by atomic mass is 9.92. The van der Waals surface area contributed by atoms with Gasteiger partial charge in [0.05, 0.1) is 12.7 Å². The predicted molar refractivity (Wildman–Crippen MR) is 90.4 cm³/mol. The fourth-order valence-electron chi connectivity index (χ4n) is 2.52. The van der Waals surface area contributed by atoms with E-state index in [1.165, 1.54) is 0 Å². The Morgan fingerprint density at radius 1 is 1.17 bits per heavy atom. The maximum Gasteiger partial charge on any atom is 0.469 e. The van der Waals surface area contributed by atoms with E-state index in [0.717, 1.165) is 25.3 Å². The lowest BCUT2D eigenvalue weighted by Gasteiger charge is -2.32. The second-order valence-corrected chi connectivity index (χ2v) is 6.99. The van der Waals surface area contributed by atoms with E-state index in [4.69, 9.17) is 34.5 Å². The number of methoxy groups -OCH3 is 1. The average Bonchev–Trinajstić information content (AvgIpc) is 2.59. The molecule has 0 amide bonds. The molecule has 3 atom stereocenters. The van der Waals surface area contributed by atoms with Gasteiger partial charge in [-0.15, -0.1) is 0 Å². The summed E-state index contributed by atoms with van der Waals surface area (Å²) in [5.74, 6) is -4.27. The minimum Gasteiger partial charge on any atom is -0.504 e. The Bertz CT molecular complexity index is 873. The molecule has 0 fully saturated rings. The lowest BCUT2D eigenvalue weighted by Crippen LogP contribution is -2.44. The standard InChI is InChI=1S/C15H17O13P/c1-25-10-4-6(14(18)19)2-8(16)12(10)26-27-13-9(17)3-7(15(20)21)5-11(13)28-29(22,23)24/h2-4,9,11,13,16-17H,5H2,1H3,(H,18,19)(H,20,21)(H2,22,23,24). The Hall–Kier alpha value is -2.67. The number of phenols is 1. The summed E-state index contributed by atoms with van der Waals surface area (Å²) in [6.45, 7) is 0. The number of aliphatic hydroxyl groups is 1. The molecule has 3 unspecified atom stereocenters. The Labute approximate surface area is 162 Å². The van der Waals surface area contributed by atoms with Crippen molar-refractivity contribution in [2.75, 3.05) is 7.11 Å². The number of ether oxygens (including phenoxy) is 1. The van der Waals surface area contributed by atoms with Crippen LogP contribution in [0.3, 0.4) is 0 Å². The van der Waals surface area contributed by atoms with E-state index in [2.05, 4.69) is 4.52 Å². The van der Waals surface area contributed by atoms with Crippen molar-refractivity contribution in [1.29, 1.82) is 0 Å². The summed E-state index contributed by atoms with van der Waals surface area (Å²) in [5.41, 5.74) is -0.705. The number of phosphoric acid groups is 1. The number of aliphatic hydroxyl groups excluding tert-OH is 1. The highest BCUT2D eigenvalue weighted by molar-refractivity contribution is 7.46. The first-order valence-electron chi connectivity index (χ1n) is 7.76. The normalized spacial score (nSPS) is 21.9. The van der Waals surface area contributed by atoms with Crippen LogP contribution in [0.4, 0.5) is 0 Å². The maximum absolute atomic E-state index is 11.2. The van der Waals surface area contributed by atoms with E-state index in [1.807, 2.05) is 0 Å². The molecule has 0 radical (unpaired) electrons. The number of hydrogen-bond acceptors (Lipinski definition) is 9. The molecule has 0 aromatic heterocycles. The van der Waals surface area contributed by atoms with Gasteiger partial charge in [-0.2, -0.15) is 4.89 Å². The number of benzene rings is 1. The van der Waals surface area contributed by atoms with Gasteiger partial charge >= 0.3 is 19.8 Å². The molecule has 14 heteroatoms. The minimum atomic E-state index is -5.10. The van der Waals surface area contributed by atoms with E-state index < -0.39 is 56.0 Å². The number of aromatic hydroxyl groups is 1. The van der Waals surface area contributed by atoms with Crippen molar-refractivity contribution in [1.82, 2.24) is 0 Å². The highest BCUT2D eigenvalue weighted by Crippen LogP contribution is 2.43. The SMILES string of the molecule is COc1cc(C(=O)O)cc(O)c1OOC1C(O)C=C(C(=O)O)CC1OP(=O)(O)O. The molecule has 6 N–H and O–H groups in total. The van der Waals surface area contributed by atoms with Crippen molar-refractivity contribution < 1.29 is 63.4 Å². The highest BCUT2D eigenvalue weighted by atomic mass is 31.2. The van der Waals surface area contributed by atoms with Crippen LogP contribution in [0, 0.1) is 0 Å². The van der Waals surface area contributed by atoms with E-state index in [-0.39, 0.29) is 16.9 Å². The second-order valence-electron chi connectivity index (χ2n) is 5.80. The largest absolute Gasteiger partial charge is 0.504 e. The van der Waals surface area contributed by atoms with Gasteiger partial charge in [-0.05, 0) is 18.2 Å². The number of carboxylic acid groups (broad SMARTS) is 2. The van der Waals surface area contributed by atoms with Crippen LogP contribution in [0.25, 0.3) is 0 Å². The van der Waals surface area contributed by atoms with Crippen LogP contribution in [0.15, 0.2) is 23.8 Å². The molecule has 29 heavy (non-hydrogen) atoms. The van der Waals surface area contributed by atoms with Crippen molar-refractivity contribution in [3.05, 3.63) is 29.3 Å². The molecule has 1 aliphatic carbocycles. The molecule has 0 saturated carbocycles. The Balaban J connectivity index is 2.30. The summed E-state index contributed by atoms with van der Waals surface area (Å²) in [5, 5.41) is 38.1. The van der Waals surface area contributed by atoms with Crippen LogP contribution in [-0.4, -0.2) is 67.6 Å². The summed E-state index contributed by atoms with van der Waals surface area (Å²) < 4.78 is 20.6. The molecular weight excluding hydrogens is 419 g/mol. The van der Waals surface area contributed by atoms with Crippen molar-refractivity contribution in [3.8, 4) is 17.2 Å². The third-order valence-corrected chi connectivity index (χ3v) is 4.33. The molecule has 13 nitrogen and oxygen atoms in total. The van der Waals surface area contributed by atoms with E-state index >= 15 is 0 Å². The zero-order chi connectivity index (χ0) is 21.9. The number of aliphatic carboxylic acids is 1. The number of rotatable bonds is 8. The summed E-state index contributed by atoms with van der Waals surface area (Å²) >= 11 is 0. The highest BCUT2D eigenvalue weighted by Gasteiger charge is 2.41. The van der Waals surface area contributed by atoms with Gasteiger partial charge in [0, 0.05) is 12.0 Å². The summed E-state index contributed by atoms with van der Waals surface area (Å²) in [7, 11) is -3.96. The third-order valence-electron chi connectivity index (χ3n) is 3.79. The van der Waals surface area contributed by atoms with Gasteiger partial charge < -0.3 is 39.8 Å². The van der Waals surface area contributed by atoms with Gasteiger partial charge in [-0.3, -0.25) is 4.52 Å². The van der Waals surface area contributed by atoms with E-state index in [1.54, 1.807) is 0 Å². The number of carbonyl (C=O) groups is 2. The fourth-order valence-corrected chi connectivity index (χ4v) is 3.07. The Kier molecular flexibility index (Phi) is 6.85. The van der Waals surface area contributed by atoms with Crippen molar-refractivity contribution in [2.45, 2.75) is 24.7 Å². The summed E-state index contributed by atoms with van der Waals surface area (Å²) in [6.07, 6.45) is -4.62. The molecule has 2 rings (SSSR count). The molecule has 1 aromatic rings. The van der Waals surface area contributed by atoms with Crippen molar-refractivity contribution in [3.63, 3.8) is 0 Å². The number of hydrogen-bond donors (Lipinski definition) is 6. The Morgan fingerprint density at radius 2 is 1.83 bits per heavy atom. The van der Waals surface area contributed by atoms with E-state index in [0.29, 0.717) is 0 Å². The van der Waals surface area contributed by atoms with Gasteiger partial charge in [0.15, 0.2) is 17.6 Å². The van der Waals surface area contributed by atoms with Crippen LogP contribution in [-0.2, 0) is 18.8 Å². The molecule has 0 bridgehead atoms. The maximum atomic E-state index is 11.2. The van der Waals surface area contributed by atoms with Crippen LogP contribution in [0.1, 0.15) is 16.8 Å². The van der Waals surface area contributed by atoms with Gasteiger partial charge in [0.2, 0.25) is 5.75 Å². The van der Waals surface area contributed by atoms with Crippen LogP contribution >= 0.6 is 7.82 Å². The molecule has 0 saturated heterocycles. The molecule has 0 spiro atoms. The Morgan fingerprint density at radius 3 is 2.34 bits per heavy atom. The zero-order valence-corrected chi connectivity index (χ0v) is 15.6. The number of aromatic carboxylic acids is 1. The van der Waals surface area contributed by atoms with Gasteiger partial charge in [-0.25, -0.2) is 14.2 Å².